The Hall–Kier alpha value is -1.86. The van der Waals surface area contributed by atoms with E-state index in [9.17, 15) is 29.6 Å². The largest absolute Gasteiger partial charge is 0.388 e. The minimum atomic E-state index is -4.39. The van der Waals surface area contributed by atoms with E-state index in [2.05, 4.69) is 9.97 Å². The molecular weight excluding hydrogens is 445 g/mol. The Morgan fingerprint density at radius 1 is 1.34 bits per heavy atom. The van der Waals surface area contributed by atoms with E-state index >= 15 is 0 Å². The Morgan fingerprint density at radius 2 is 1.97 bits per heavy atom. The average Bonchev–Trinajstić information content (AvgIpc) is 3.27. The monoisotopic (exact) mass is 475 g/mol. The number of hydrogen-bond donors (Lipinski definition) is 5. The van der Waals surface area contributed by atoms with Gasteiger partial charge in [-0.25, -0.2) is 4.98 Å². The molecule has 0 spiro atoms. The summed E-state index contributed by atoms with van der Waals surface area (Å²) in [5, 5.41) is 29.5. The lowest BCUT2D eigenvalue weighted by Crippen LogP contribution is -2.34. The van der Waals surface area contributed by atoms with Crippen molar-refractivity contribution in [3.8, 4) is 0 Å². The van der Waals surface area contributed by atoms with Crippen LogP contribution in [0.2, 0.25) is 0 Å². The maximum absolute atomic E-state index is 12.6. The molecule has 0 bridgehead atoms. The van der Waals surface area contributed by atoms with Crippen molar-refractivity contribution in [2.24, 2.45) is 7.05 Å². The number of aromatic nitrogens is 4. The molecule has 2 aromatic heterocycles. The number of anilines is 1. The van der Waals surface area contributed by atoms with Gasteiger partial charge in [0.1, 0.15) is 12.2 Å². The number of nitrogens with zero attached hydrogens (tertiary/aromatic N) is 4. The molecule has 0 aromatic carbocycles. The number of aliphatic hydroxyl groups is 3. The molecule has 1 fully saturated rings. The van der Waals surface area contributed by atoms with Gasteiger partial charge in [-0.3, -0.25) is 18.5 Å². The number of imidazole rings is 1. The number of aliphatic hydroxyl groups excluding tert-OH is 2. The van der Waals surface area contributed by atoms with Gasteiger partial charge in [0.05, 0.1) is 18.5 Å². The first-order valence-corrected chi connectivity index (χ1v) is 11.9. The summed E-state index contributed by atoms with van der Waals surface area (Å²) < 4.78 is 26.1. The van der Waals surface area contributed by atoms with Crippen LogP contribution >= 0.6 is 7.60 Å². The topological polar surface area (TPSA) is 195 Å². The second-order valence-electron chi connectivity index (χ2n) is 8.07. The van der Waals surface area contributed by atoms with Crippen LogP contribution in [0.15, 0.2) is 11.1 Å². The van der Waals surface area contributed by atoms with Crippen molar-refractivity contribution in [3.05, 3.63) is 16.7 Å². The van der Waals surface area contributed by atoms with Crippen LogP contribution in [0.25, 0.3) is 11.2 Å². The van der Waals surface area contributed by atoms with Crippen molar-refractivity contribution in [3.63, 3.8) is 0 Å². The standard InChI is InChI=1S/C18H30N5O8P/c1-5-18(27,6-2)32(28,29)31-9(3)7-10-12(24)13(25)16(30-10)23-8-20-11-14(23)21-17(19)22(4)15(11)26/h8-10,12-13,16,24-25,27H,5-7H2,1-4H3,(H2,19,21)(H,28,29)/t9?,10-,12-,13-,16-/m1/s1. The van der Waals surface area contributed by atoms with E-state index < -0.39 is 49.1 Å². The first-order chi connectivity index (χ1) is 14.9. The number of rotatable bonds is 8. The molecule has 180 valence electrons. The number of fused-ring (bicyclic) bond motifs is 1. The molecule has 0 amide bonds. The Balaban J connectivity index is 1.80. The van der Waals surface area contributed by atoms with E-state index in [1.807, 2.05) is 0 Å². The summed E-state index contributed by atoms with van der Waals surface area (Å²) >= 11 is 0. The molecule has 3 heterocycles. The van der Waals surface area contributed by atoms with E-state index in [4.69, 9.17) is 15.0 Å². The van der Waals surface area contributed by atoms with Gasteiger partial charge in [-0.2, -0.15) is 4.98 Å². The van der Waals surface area contributed by atoms with Crippen molar-refractivity contribution >= 4 is 24.7 Å². The minimum absolute atomic E-state index is 0.0202. The van der Waals surface area contributed by atoms with Crippen LogP contribution in [0.5, 0.6) is 0 Å². The molecule has 1 saturated heterocycles. The smallest absolute Gasteiger partial charge is 0.359 e. The number of hydrogen-bond acceptors (Lipinski definition) is 10. The maximum Gasteiger partial charge on any atom is 0.359 e. The molecule has 13 nitrogen and oxygen atoms in total. The van der Waals surface area contributed by atoms with Gasteiger partial charge in [-0.05, 0) is 19.8 Å². The van der Waals surface area contributed by atoms with Crippen molar-refractivity contribution in [1.29, 1.82) is 0 Å². The number of nitrogens with two attached hydrogens (primary N) is 1. The Labute approximate surface area is 184 Å². The van der Waals surface area contributed by atoms with Crippen molar-refractivity contribution < 1.29 is 34.0 Å². The highest BCUT2D eigenvalue weighted by atomic mass is 31.2. The predicted octanol–water partition coefficient (Wildman–Crippen LogP) is -0.179. The molecule has 0 aliphatic carbocycles. The van der Waals surface area contributed by atoms with Crippen LogP contribution in [-0.4, -0.2) is 69.1 Å². The van der Waals surface area contributed by atoms with Crippen molar-refractivity contribution in [1.82, 2.24) is 19.1 Å². The second-order valence-corrected chi connectivity index (χ2v) is 10.2. The Morgan fingerprint density at radius 3 is 2.56 bits per heavy atom. The molecule has 6 N–H and O–H groups in total. The molecule has 1 aliphatic rings. The molecule has 3 rings (SSSR count). The van der Waals surface area contributed by atoms with E-state index in [-0.39, 0.29) is 36.4 Å². The molecule has 2 unspecified atom stereocenters. The van der Waals surface area contributed by atoms with Crippen LogP contribution < -0.4 is 11.3 Å². The summed E-state index contributed by atoms with van der Waals surface area (Å²) in [6.45, 7) is 4.66. The summed E-state index contributed by atoms with van der Waals surface area (Å²) in [4.78, 5) is 30.7. The van der Waals surface area contributed by atoms with Crippen LogP contribution in [-0.2, 0) is 20.9 Å². The molecule has 32 heavy (non-hydrogen) atoms. The van der Waals surface area contributed by atoms with Gasteiger partial charge >= 0.3 is 7.60 Å². The first-order valence-electron chi connectivity index (χ1n) is 10.3. The Bertz CT molecular complexity index is 1080. The zero-order chi connectivity index (χ0) is 24.0. The Kier molecular flexibility index (Phi) is 6.83. The predicted molar refractivity (Wildman–Crippen MR) is 114 cm³/mol. The quantitative estimate of drug-likeness (QED) is 0.318. The highest BCUT2D eigenvalue weighted by molar-refractivity contribution is 7.54. The zero-order valence-electron chi connectivity index (χ0n) is 18.3. The van der Waals surface area contributed by atoms with Gasteiger partial charge in [0, 0.05) is 13.5 Å². The zero-order valence-corrected chi connectivity index (χ0v) is 19.2. The lowest BCUT2D eigenvalue weighted by Gasteiger charge is -2.32. The van der Waals surface area contributed by atoms with Crippen molar-refractivity contribution in [2.45, 2.75) is 76.0 Å². The van der Waals surface area contributed by atoms with Gasteiger partial charge in [0.15, 0.2) is 22.7 Å². The normalized spacial score (nSPS) is 27.0. The molecule has 14 heteroatoms. The van der Waals surface area contributed by atoms with E-state index in [0.29, 0.717) is 0 Å². The van der Waals surface area contributed by atoms with E-state index in [1.54, 1.807) is 13.8 Å². The maximum atomic E-state index is 12.6. The van der Waals surface area contributed by atoms with Crippen LogP contribution in [0.4, 0.5) is 5.95 Å². The first kappa shape index (κ1) is 24.8. The van der Waals surface area contributed by atoms with Crippen molar-refractivity contribution in [2.75, 3.05) is 5.73 Å². The van der Waals surface area contributed by atoms with Gasteiger partial charge in [-0.15, -0.1) is 0 Å². The van der Waals surface area contributed by atoms with Gasteiger partial charge in [-0.1, -0.05) is 13.8 Å². The molecular formula is C18H30N5O8P. The van der Waals surface area contributed by atoms with Crippen LogP contribution in [0.1, 0.15) is 46.3 Å². The summed E-state index contributed by atoms with van der Waals surface area (Å²) in [5.74, 6) is -0.0612. The molecule has 0 radical (unpaired) electrons. The summed E-state index contributed by atoms with van der Waals surface area (Å²) in [7, 11) is -2.95. The fraction of sp³-hybridized carbons (Fsp3) is 0.722. The summed E-state index contributed by atoms with van der Waals surface area (Å²) in [5.41, 5.74) is 5.39. The average molecular weight is 475 g/mol. The highest BCUT2D eigenvalue weighted by Gasteiger charge is 2.48. The fourth-order valence-corrected chi connectivity index (χ4v) is 5.33. The number of nitrogen functional groups attached to an aromatic ring is 1. The summed E-state index contributed by atoms with van der Waals surface area (Å²) in [6, 6.07) is 0. The van der Waals surface area contributed by atoms with Gasteiger partial charge < -0.3 is 35.2 Å². The minimum Gasteiger partial charge on any atom is -0.388 e. The molecule has 2 aromatic rings. The second kappa shape index (κ2) is 8.82. The van der Waals surface area contributed by atoms with Crippen LogP contribution in [0.3, 0.4) is 0 Å². The molecule has 6 atom stereocenters. The van der Waals surface area contributed by atoms with Gasteiger partial charge in [0.2, 0.25) is 5.95 Å². The lowest BCUT2D eigenvalue weighted by molar-refractivity contribution is -0.0474. The van der Waals surface area contributed by atoms with E-state index in [0.717, 1.165) is 4.57 Å². The highest BCUT2D eigenvalue weighted by Crippen LogP contribution is 2.58. The SMILES string of the molecule is CCC(O)(CC)P(=O)(O)OC(C)C[C@H]1O[C@@H](n2cnc3c(=O)n(C)c(N)nc32)[C@H](O)[C@@H]1O. The third-order valence-corrected chi connectivity index (χ3v) is 8.33. The third-order valence-electron chi connectivity index (χ3n) is 6.00. The lowest BCUT2D eigenvalue weighted by atomic mass is 10.1. The van der Waals surface area contributed by atoms with E-state index in [1.165, 1.54) is 24.9 Å². The van der Waals surface area contributed by atoms with Gasteiger partial charge in [0.25, 0.3) is 5.56 Å². The fourth-order valence-electron chi connectivity index (χ4n) is 3.76. The van der Waals surface area contributed by atoms with Crippen LogP contribution in [0, 0.1) is 0 Å². The number of ether oxygens (including phenoxy) is 1. The summed E-state index contributed by atoms with van der Waals surface area (Å²) in [6.07, 6.45) is -4.49. The molecule has 0 saturated carbocycles. The molecule has 1 aliphatic heterocycles. The third kappa shape index (κ3) is 4.10.